The number of carbonyl (C=O) groups is 1. The van der Waals surface area contributed by atoms with Gasteiger partial charge in [-0.2, -0.15) is 0 Å². The third kappa shape index (κ3) is 7.37. The molecule has 0 radical (unpaired) electrons. The number of hydrogen-bond acceptors (Lipinski definition) is 1. The molecule has 1 amide bonds. The molecule has 0 aliphatic heterocycles. The first kappa shape index (κ1) is 13.1. The third-order valence-electron chi connectivity index (χ3n) is 1.02. The van der Waals surface area contributed by atoms with Gasteiger partial charge in [-0.25, -0.2) is 0 Å². The minimum absolute atomic E-state index is 0.116. The summed E-state index contributed by atoms with van der Waals surface area (Å²) >= 11 is 0. The van der Waals surface area contributed by atoms with Crippen LogP contribution in [0.3, 0.4) is 0 Å². The van der Waals surface area contributed by atoms with Gasteiger partial charge in [0.25, 0.3) is 0 Å². The van der Waals surface area contributed by atoms with Crippen molar-refractivity contribution in [2.75, 3.05) is 6.54 Å². The van der Waals surface area contributed by atoms with Gasteiger partial charge in [0.1, 0.15) is 0 Å². The zero-order valence-corrected chi connectivity index (χ0v) is 8.62. The zero-order valence-electron chi connectivity index (χ0n) is 8.62. The fourth-order valence-corrected chi connectivity index (χ4v) is 0.426. The van der Waals surface area contributed by atoms with Crippen LogP contribution in [0.15, 0.2) is 0 Å². The lowest BCUT2D eigenvalue weighted by Gasteiger charge is -2.16. The Morgan fingerprint density at radius 1 is 1.27 bits per heavy atom. The molecular formula is C9H21NO. The van der Waals surface area contributed by atoms with Crippen molar-refractivity contribution in [3.05, 3.63) is 0 Å². The molecule has 0 aromatic carbocycles. The van der Waals surface area contributed by atoms with Crippen LogP contribution < -0.4 is 5.32 Å². The van der Waals surface area contributed by atoms with E-state index in [9.17, 15) is 4.79 Å². The van der Waals surface area contributed by atoms with E-state index in [1.54, 1.807) is 0 Å². The van der Waals surface area contributed by atoms with E-state index in [2.05, 4.69) is 5.32 Å². The second-order valence-corrected chi connectivity index (χ2v) is 3.11. The molecule has 0 unspecified atom stereocenters. The highest BCUT2D eigenvalue weighted by Gasteiger charge is 2.19. The fraction of sp³-hybridized carbons (Fsp3) is 0.889. The van der Waals surface area contributed by atoms with E-state index in [1.807, 2.05) is 41.5 Å². The van der Waals surface area contributed by atoms with E-state index < -0.39 is 0 Å². The molecule has 0 saturated heterocycles. The monoisotopic (exact) mass is 159 g/mol. The molecule has 0 atom stereocenters. The largest absolute Gasteiger partial charge is 0.356 e. The lowest BCUT2D eigenvalue weighted by Crippen LogP contribution is -2.34. The number of hydrogen-bond donors (Lipinski definition) is 1. The van der Waals surface area contributed by atoms with Gasteiger partial charge >= 0.3 is 0 Å². The Kier molecular flexibility index (Phi) is 7.37. The van der Waals surface area contributed by atoms with E-state index >= 15 is 0 Å². The van der Waals surface area contributed by atoms with Gasteiger partial charge in [-0.1, -0.05) is 34.6 Å². The van der Waals surface area contributed by atoms with E-state index in [-0.39, 0.29) is 11.3 Å². The van der Waals surface area contributed by atoms with Crippen LogP contribution in [0.1, 0.15) is 41.5 Å². The smallest absolute Gasteiger partial charge is 0.225 e. The molecule has 0 aliphatic rings. The number of rotatable bonds is 1. The van der Waals surface area contributed by atoms with Crippen molar-refractivity contribution in [2.45, 2.75) is 41.5 Å². The van der Waals surface area contributed by atoms with Crippen LogP contribution in [0.4, 0.5) is 0 Å². The van der Waals surface area contributed by atoms with Gasteiger partial charge in [0.05, 0.1) is 0 Å². The molecule has 0 bridgehead atoms. The maximum absolute atomic E-state index is 11.0. The van der Waals surface area contributed by atoms with E-state index in [0.29, 0.717) is 0 Å². The second-order valence-electron chi connectivity index (χ2n) is 3.11. The number of nitrogens with one attached hydrogen (secondary N) is 1. The summed E-state index contributed by atoms with van der Waals surface area (Å²) in [7, 11) is 0. The van der Waals surface area contributed by atoms with Crippen LogP contribution in [0, 0.1) is 5.41 Å². The average Bonchev–Trinajstić information content (AvgIpc) is 1.91. The molecule has 0 aromatic heterocycles. The van der Waals surface area contributed by atoms with Crippen LogP contribution >= 0.6 is 0 Å². The van der Waals surface area contributed by atoms with Crippen LogP contribution in [-0.2, 0) is 4.79 Å². The van der Waals surface area contributed by atoms with E-state index in [0.717, 1.165) is 6.54 Å². The molecule has 1 N–H and O–H groups in total. The molecule has 0 aliphatic carbocycles. The SMILES string of the molecule is CC.CCNC(=O)C(C)(C)C. The molecule has 0 spiro atoms. The molecule has 0 heterocycles. The van der Waals surface area contributed by atoms with Crippen LogP contribution in [0.25, 0.3) is 0 Å². The molecular weight excluding hydrogens is 138 g/mol. The van der Waals surface area contributed by atoms with Gasteiger partial charge in [-0.15, -0.1) is 0 Å². The number of carbonyl (C=O) groups excluding carboxylic acids is 1. The van der Waals surface area contributed by atoms with E-state index in [4.69, 9.17) is 0 Å². The van der Waals surface area contributed by atoms with Gasteiger partial charge in [0, 0.05) is 12.0 Å². The molecule has 68 valence electrons. The summed E-state index contributed by atoms with van der Waals surface area (Å²) in [5.41, 5.74) is -0.240. The van der Waals surface area contributed by atoms with Crippen molar-refractivity contribution >= 4 is 5.91 Å². The summed E-state index contributed by atoms with van der Waals surface area (Å²) in [6.07, 6.45) is 0. The first-order valence-corrected chi connectivity index (χ1v) is 4.26. The second kappa shape index (κ2) is 6.20. The molecule has 2 nitrogen and oxygen atoms in total. The van der Waals surface area contributed by atoms with Crippen molar-refractivity contribution in [3.63, 3.8) is 0 Å². The van der Waals surface area contributed by atoms with Crippen molar-refractivity contribution < 1.29 is 4.79 Å². The van der Waals surface area contributed by atoms with Crippen molar-refractivity contribution in [1.82, 2.24) is 5.32 Å². The summed E-state index contributed by atoms with van der Waals surface area (Å²) in [5.74, 6) is 0.116. The van der Waals surface area contributed by atoms with Crippen molar-refractivity contribution in [2.24, 2.45) is 5.41 Å². The Hall–Kier alpha value is -0.530. The van der Waals surface area contributed by atoms with Crippen LogP contribution in [0.5, 0.6) is 0 Å². The first-order valence-electron chi connectivity index (χ1n) is 4.26. The Balaban J connectivity index is 0. The Morgan fingerprint density at radius 3 is 1.73 bits per heavy atom. The predicted octanol–water partition coefficient (Wildman–Crippen LogP) is 2.19. The maximum Gasteiger partial charge on any atom is 0.225 e. The highest BCUT2D eigenvalue weighted by Crippen LogP contribution is 2.11. The van der Waals surface area contributed by atoms with Crippen LogP contribution in [-0.4, -0.2) is 12.5 Å². The highest BCUT2D eigenvalue weighted by atomic mass is 16.2. The van der Waals surface area contributed by atoms with Gasteiger partial charge in [-0.3, -0.25) is 4.79 Å². The number of amides is 1. The Bertz CT molecular complexity index is 103. The fourth-order valence-electron chi connectivity index (χ4n) is 0.426. The van der Waals surface area contributed by atoms with Crippen molar-refractivity contribution in [1.29, 1.82) is 0 Å². The summed E-state index contributed by atoms with van der Waals surface area (Å²) in [4.78, 5) is 11.0. The van der Waals surface area contributed by atoms with Crippen LogP contribution in [0.2, 0.25) is 0 Å². The lowest BCUT2D eigenvalue weighted by atomic mass is 9.96. The minimum Gasteiger partial charge on any atom is -0.356 e. The quantitative estimate of drug-likeness (QED) is 0.624. The lowest BCUT2D eigenvalue weighted by molar-refractivity contribution is -0.128. The Labute approximate surface area is 70.4 Å². The summed E-state index contributed by atoms with van der Waals surface area (Å²) in [6.45, 7) is 12.3. The predicted molar refractivity (Wildman–Crippen MR) is 49.5 cm³/mol. The topological polar surface area (TPSA) is 29.1 Å². The zero-order chi connectivity index (χ0) is 9.49. The van der Waals surface area contributed by atoms with E-state index in [1.165, 1.54) is 0 Å². The van der Waals surface area contributed by atoms with Gasteiger partial charge in [-0.05, 0) is 6.92 Å². The normalized spacial score (nSPS) is 9.64. The Morgan fingerprint density at radius 2 is 1.64 bits per heavy atom. The molecule has 0 fully saturated rings. The molecule has 0 saturated carbocycles. The maximum atomic E-state index is 11.0. The third-order valence-corrected chi connectivity index (χ3v) is 1.02. The summed E-state index contributed by atoms with van der Waals surface area (Å²) in [6, 6.07) is 0. The molecule has 11 heavy (non-hydrogen) atoms. The highest BCUT2D eigenvalue weighted by molar-refractivity contribution is 5.81. The summed E-state index contributed by atoms with van der Waals surface area (Å²) in [5, 5.41) is 2.75. The minimum atomic E-state index is -0.240. The standard InChI is InChI=1S/C7H15NO.C2H6/c1-5-8-6(9)7(2,3)4;1-2/h5H2,1-4H3,(H,8,9);1-2H3. The molecule has 0 rings (SSSR count). The summed E-state index contributed by atoms with van der Waals surface area (Å²) < 4.78 is 0. The van der Waals surface area contributed by atoms with Gasteiger partial charge in [0.15, 0.2) is 0 Å². The first-order chi connectivity index (χ1) is 4.98. The average molecular weight is 159 g/mol. The molecule has 0 aromatic rings. The van der Waals surface area contributed by atoms with Gasteiger partial charge < -0.3 is 5.32 Å². The van der Waals surface area contributed by atoms with Gasteiger partial charge in [0.2, 0.25) is 5.91 Å². The van der Waals surface area contributed by atoms with Crippen molar-refractivity contribution in [3.8, 4) is 0 Å². The molecule has 2 heteroatoms.